The topological polar surface area (TPSA) is 66.4 Å². The lowest BCUT2D eigenvalue weighted by Crippen LogP contribution is -2.21. The van der Waals surface area contributed by atoms with Gasteiger partial charge in [0.15, 0.2) is 0 Å². The predicted molar refractivity (Wildman–Crippen MR) is 42.8 cm³/mol. The van der Waals surface area contributed by atoms with E-state index in [1.165, 1.54) is 6.92 Å². The molecule has 0 bridgehead atoms. The minimum Gasteiger partial charge on any atom is -0.481 e. The fourth-order valence-electron chi connectivity index (χ4n) is 0.504. The van der Waals surface area contributed by atoms with Gasteiger partial charge in [-0.1, -0.05) is 0 Å². The second-order valence-electron chi connectivity index (χ2n) is 1.98. The molecule has 0 radical (unpaired) electrons. The average Bonchev–Trinajstić information content (AvgIpc) is 1.79. The van der Waals surface area contributed by atoms with Gasteiger partial charge in [-0.25, -0.2) is 0 Å². The van der Waals surface area contributed by atoms with Crippen molar-refractivity contribution in [2.75, 3.05) is 6.54 Å². The van der Waals surface area contributed by atoms with E-state index in [2.05, 4.69) is 5.32 Å². The van der Waals surface area contributed by atoms with Gasteiger partial charge >= 0.3 is 5.97 Å². The number of amides is 1. The molecule has 0 unspecified atom stereocenters. The van der Waals surface area contributed by atoms with Crippen LogP contribution in [-0.2, 0) is 9.59 Å². The Bertz CT molecular complexity index is 122. The highest BCUT2D eigenvalue weighted by molar-refractivity contribution is 5.85. The highest BCUT2D eigenvalue weighted by atomic mass is 35.5. The van der Waals surface area contributed by atoms with Gasteiger partial charge in [0.25, 0.3) is 0 Å². The van der Waals surface area contributed by atoms with Gasteiger partial charge in [0.1, 0.15) is 0 Å². The zero-order valence-electron chi connectivity index (χ0n) is 6.29. The lowest BCUT2D eigenvalue weighted by Gasteiger charge is -1.97. The summed E-state index contributed by atoms with van der Waals surface area (Å²) in [5.74, 6) is -0.948. The van der Waals surface area contributed by atoms with E-state index in [-0.39, 0.29) is 24.7 Å². The summed E-state index contributed by atoms with van der Waals surface area (Å²) in [4.78, 5) is 20.2. The summed E-state index contributed by atoms with van der Waals surface area (Å²) in [6.45, 7) is 1.85. The number of hydrogen-bond acceptors (Lipinski definition) is 2. The molecule has 66 valence electrons. The molecule has 0 atom stereocenters. The van der Waals surface area contributed by atoms with Crippen molar-refractivity contribution in [3.63, 3.8) is 0 Å². The van der Waals surface area contributed by atoms with Gasteiger partial charge in [0.05, 0.1) is 0 Å². The standard InChI is InChI=1S/C6H11NO3.ClH/c1-5(8)7-4-2-3-6(9)10;/h2-4H2,1H3,(H,7,8)(H,9,10);1H. The summed E-state index contributed by atoms with van der Waals surface area (Å²) >= 11 is 0. The maximum Gasteiger partial charge on any atom is 0.303 e. The van der Waals surface area contributed by atoms with Gasteiger partial charge in [0, 0.05) is 19.9 Å². The van der Waals surface area contributed by atoms with E-state index in [1.807, 2.05) is 0 Å². The van der Waals surface area contributed by atoms with Gasteiger partial charge in [0.2, 0.25) is 5.91 Å². The first-order chi connectivity index (χ1) is 4.63. The minimum atomic E-state index is -0.828. The molecule has 2 N–H and O–H groups in total. The molecule has 0 aromatic heterocycles. The molecule has 0 saturated carbocycles. The van der Waals surface area contributed by atoms with Crippen molar-refractivity contribution in [1.82, 2.24) is 5.32 Å². The van der Waals surface area contributed by atoms with Crippen LogP contribution in [0.4, 0.5) is 0 Å². The van der Waals surface area contributed by atoms with Gasteiger partial charge in [-0.05, 0) is 6.42 Å². The number of carboxylic acids is 1. The summed E-state index contributed by atoms with van der Waals surface area (Å²) in [6.07, 6.45) is 0.606. The maximum atomic E-state index is 10.2. The Morgan fingerprint density at radius 2 is 2.00 bits per heavy atom. The van der Waals surface area contributed by atoms with Gasteiger partial charge in [-0.2, -0.15) is 0 Å². The Kier molecular flexibility index (Phi) is 8.58. The Labute approximate surface area is 71.4 Å². The number of rotatable bonds is 4. The minimum absolute atomic E-state index is 0. The van der Waals surface area contributed by atoms with Crippen LogP contribution in [0.25, 0.3) is 0 Å². The number of aliphatic carboxylic acids is 1. The fraction of sp³-hybridized carbons (Fsp3) is 0.667. The second kappa shape index (κ2) is 7.34. The summed E-state index contributed by atoms with van der Waals surface area (Å²) in [6, 6.07) is 0. The van der Waals surface area contributed by atoms with Crippen molar-refractivity contribution in [2.45, 2.75) is 19.8 Å². The highest BCUT2D eigenvalue weighted by Gasteiger charge is 1.95. The summed E-state index contributed by atoms with van der Waals surface area (Å²) < 4.78 is 0. The fourth-order valence-corrected chi connectivity index (χ4v) is 0.504. The van der Waals surface area contributed by atoms with Crippen molar-refractivity contribution < 1.29 is 14.7 Å². The number of carboxylic acid groups (broad SMARTS) is 1. The first-order valence-electron chi connectivity index (χ1n) is 3.09. The van der Waals surface area contributed by atoms with Crippen LogP contribution < -0.4 is 5.32 Å². The normalized spacial score (nSPS) is 8.09. The SMILES string of the molecule is CC(=O)NCCCC(=O)O.Cl. The van der Waals surface area contributed by atoms with E-state index in [0.717, 1.165) is 0 Å². The lowest BCUT2D eigenvalue weighted by atomic mass is 10.3. The molecule has 4 nitrogen and oxygen atoms in total. The molecule has 0 rings (SSSR count). The molecule has 0 fully saturated rings. The molecule has 0 aromatic rings. The molecule has 0 aliphatic rings. The van der Waals surface area contributed by atoms with Crippen LogP contribution in [0.2, 0.25) is 0 Å². The quantitative estimate of drug-likeness (QED) is 0.618. The van der Waals surface area contributed by atoms with Gasteiger partial charge in [-0.3, -0.25) is 9.59 Å². The van der Waals surface area contributed by atoms with E-state index < -0.39 is 5.97 Å². The Morgan fingerprint density at radius 1 is 1.45 bits per heavy atom. The largest absolute Gasteiger partial charge is 0.481 e. The highest BCUT2D eigenvalue weighted by Crippen LogP contribution is 1.84. The molecule has 1 amide bonds. The first kappa shape index (κ1) is 12.9. The Hall–Kier alpha value is -0.770. The zero-order valence-corrected chi connectivity index (χ0v) is 7.11. The second-order valence-corrected chi connectivity index (χ2v) is 1.98. The molecule has 0 aromatic carbocycles. The summed E-state index contributed by atoms with van der Waals surface area (Å²) in [7, 11) is 0. The molecule has 0 aliphatic heterocycles. The van der Waals surface area contributed by atoms with Crippen LogP contribution in [-0.4, -0.2) is 23.5 Å². The third kappa shape index (κ3) is 12.4. The molecular formula is C6H12ClNO3. The van der Waals surface area contributed by atoms with E-state index in [4.69, 9.17) is 5.11 Å². The van der Waals surface area contributed by atoms with Crippen LogP contribution in [0, 0.1) is 0 Å². The van der Waals surface area contributed by atoms with Crippen LogP contribution in [0.3, 0.4) is 0 Å². The van der Waals surface area contributed by atoms with Crippen molar-refractivity contribution in [3.8, 4) is 0 Å². The molecule has 0 spiro atoms. The van der Waals surface area contributed by atoms with Gasteiger partial charge in [-0.15, -0.1) is 12.4 Å². The van der Waals surface area contributed by atoms with Crippen LogP contribution >= 0.6 is 12.4 Å². The predicted octanol–water partition coefficient (Wildman–Crippen LogP) is 0.409. The van der Waals surface area contributed by atoms with Crippen LogP contribution in [0.1, 0.15) is 19.8 Å². The van der Waals surface area contributed by atoms with Crippen molar-refractivity contribution in [2.24, 2.45) is 0 Å². The summed E-state index contributed by atoms with van der Waals surface area (Å²) in [5, 5.41) is 10.7. The molecule has 11 heavy (non-hydrogen) atoms. The van der Waals surface area contributed by atoms with E-state index in [9.17, 15) is 9.59 Å². The first-order valence-corrected chi connectivity index (χ1v) is 3.09. The smallest absolute Gasteiger partial charge is 0.303 e. The lowest BCUT2D eigenvalue weighted by molar-refractivity contribution is -0.137. The van der Waals surface area contributed by atoms with Crippen LogP contribution in [0.15, 0.2) is 0 Å². The van der Waals surface area contributed by atoms with Crippen molar-refractivity contribution in [3.05, 3.63) is 0 Å². The van der Waals surface area contributed by atoms with E-state index in [0.29, 0.717) is 13.0 Å². The van der Waals surface area contributed by atoms with Crippen LogP contribution in [0.5, 0.6) is 0 Å². The van der Waals surface area contributed by atoms with Crippen molar-refractivity contribution in [1.29, 1.82) is 0 Å². The van der Waals surface area contributed by atoms with Gasteiger partial charge < -0.3 is 10.4 Å². The third-order valence-corrected chi connectivity index (χ3v) is 0.941. The van der Waals surface area contributed by atoms with Crippen molar-refractivity contribution >= 4 is 24.3 Å². The number of carbonyl (C=O) groups excluding carboxylic acids is 1. The molecule has 0 saturated heterocycles. The number of hydrogen-bond donors (Lipinski definition) is 2. The van der Waals surface area contributed by atoms with E-state index >= 15 is 0 Å². The molecule has 0 heterocycles. The maximum absolute atomic E-state index is 10.2. The zero-order chi connectivity index (χ0) is 7.98. The molecule has 0 aliphatic carbocycles. The van der Waals surface area contributed by atoms with E-state index in [1.54, 1.807) is 0 Å². The molecule has 5 heteroatoms. The monoisotopic (exact) mass is 181 g/mol. The summed E-state index contributed by atoms with van der Waals surface area (Å²) in [5.41, 5.74) is 0. The average molecular weight is 182 g/mol. The number of carbonyl (C=O) groups is 2. The number of nitrogens with one attached hydrogen (secondary N) is 1. The Morgan fingerprint density at radius 3 is 2.36 bits per heavy atom. The molecular weight excluding hydrogens is 170 g/mol. The number of halogens is 1. The Balaban J connectivity index is 0. The third-order valence-electron chi connectivity index (χ3n) is 0.941.